The van der Waals surface area contributed by atoms with E-state index < -0.39 is 0 Å². The lowest BCUT2D eigenvalue weighted by Gasteiger charge is -2.05. The summed E-state index contributed by atoms with van der Waals surface area (Å²) in [6, 6.07) is 9.75. The molecule has 0 bridgehead atoms. The van der Waals surface area contributed by atoms with Crippen molar-refractivity contribution < 1.29 is 4.74 Å². The Balaban J connectivity index is 2.02. The van der Waals surface area contributed by atoms with Crippen LogP contribution in [0.2, 0.25) is 0 Å². The van der Waals surface area contributed by atoms with Gasteiger partial charge in [0, 0.05) is 16.8 Å². The van der Waals surface area contributed by atoms with Gasteiger partial charge in [-0.3, -0.25) is 0 Å². The van der Waals surface area contributed by atoms with Gasteiger partial charge in [0.1, 0.15) is 5.75 Å². The van der Waals surface area contributed by atoms with Gasteiger partial charge in [-0.2, -0.15) is 0 Å². The predicted octanol–water partition coefficient (Wildman–Crippen LogP) is 3.37. The van der Waals surface area contributed by atoms with E-state index in [-0.39, 0.29) is 0 Å². The van der Waals surface area contributed by atoms with E-state index in [1.54, 1.807) is 12.5 Å². The zero-order chi connectivity index (χ0) is 12.5. The molecule has 0 atom stereocenters. The van der Waals surface area contributed by atoms with Crippen LogP contribution in [0.4, 0.5) is 0 Å². The summed E-state index contributed by atoms with van der Waals surface area (Å²) in [5.74, 6) is 1.30. The quantitative estimate of drug-likeness (QED) is 0.665. The van der Waals surface area contributed by atoms with Crippen LogP contribution in [0.5, 0.6) is 11.6 Å². The molecular formula is C13H10IN3O. The molecule has 3 rings (SSSR count). The van der Waals surface area contributed by atoms with E-state index in [9.17, 15) is 0 Å². The number of ether oxygens (including phenoxy) is 1. The molecule has 0 amide bonds. The topological polar surface area (TPSA) is 39.9 Å². The molecular weight excluding hydrogens is 341 g/mol. The first-order valence-electron chi connectivity index (χ1n) is 5.43. The number of aromatic nitrogens is 3. The lowest BCUT2D eigenvalue weighted by molar-refractivity contribution is 0.468. The van der Waals surface area contributed by atoms with Gasteiger partial charge in [0.25, 0.3) is 0 Å². The van der Waals surface area contributed by atoms with Crippen LogP contribution in [0.15, 0.2) is 42.9 Å². The maximum absolute atomic E-state index is 5.77. The summed E-state index contributed by atoms with van der Waals surface area (Å²) in [4.78, 5) is 8.54. The number of halogens is 1. The first-order valence-corrected chi connectivity index (χ1v) is 6.51. The van der Waals surface area contributed by atoms with Crippen LogP contribution in [-0.2, 0) is 7.05 Å². The van der Waals surface area contributed by atoms with Crippen molar-refractivity contribution in [2.45, 2.75) is 0 Å². The van der Waals surface area contributed by atoms with E-state index in [0.29, 0.717) is 5.88 Å². The number of pyridine rings is 1. The molecule has 0 radical (unpaired) electrons. The zero-order valence-electron chi connectivity index (χ0n) is 9.67. The number of fused-ring (bicyclic) bond motifs is 1. The summed E-state index contributed by atoms with van der Waals surface area (Å²) in [5.41, 5.74) is 1.78. The van der Waals surface area contributed by atoms with E-state index in [4.69, 9.17) is 4.74 Å². The largest absolute Gasteiger partial charge is 0.437 e. The standard InChI is InChI=1S/C13H10IN3O/c1-17-8-16-12-11(17)6-7-15-13(12)18-10-4-2-9(14)3-5-10/h2-8H,1H3. The van der Waals surface area contributed by atoms with Crippen molar-refractivity contribution in [3.05, 3.63) is 46.4 Å². The third-order valence-corrected chi connectivity index (χ3v) is 3.36. The van der Waals surface area contributed by atoms with Crippen molar-refractivity contribution in [2.24, 2.45) is 7.05 Å². The van der Waals surface area contributed by atoms with Gasteiger partial charge in [0.05, 0.1) is 11.8 Å². The predicted molar refractivity (Wildman–Crippen MR) is 77.7 cm³/mol. The van der Waals surface area contributed by atoms with Gasteiger partial charge >= 0.3 is 0 Å². The van der Waals surface area contributed by atoms with E-state index in [2.05, 4.69) is 32.6 Å². The van der Waals surface area contributed by atoms with Crippen LogP contribution >= 0.6 is 22.6 Å². The van der Waals surface area contributed by atoms with Crippen LogP contribution in [0.25, 0.3) is 11.0 Å². The first-order chi connectivity index (χ1) is 8.74. The second-order valence-electron chi connectivity index (χ2n) is 3.90. The molecule has 0 unspecified atom stereocenters. The van der Waals surface area contributed by atoms with E-state index in [1.807, 2.05) is 41.9 Å². The molecule has 0 aliphatic rings. The number of hydrogen-bond donors (Lipinski definition) is 0. The average Bonchev–Trinajstić information content (AvgIpc) is 2.76. The Labute approximate surface area is 118 Å². The minimum Gasteiger partial charge on any atom is -0.437 e. The number of nitrogens with zero attached hydrogens (tertiary/aromatic N) is 3. The van der Waals surface area contributed by atoms with Crippen molar-refractivity contribution in [1.29, 1.82) is 0 Å². The van der Waals surface area contributed by atoms with Gasteiger partial charge in [-0.1, -0.05) is 0 Å². The summed E-state index contributed by atoms with van der Waals surface area (Å²) in [7, 11) is 1.95. The Bertz CT molecular complexity index is 691. The fourth-order valence-electron chi connectivity index (χ4n) is 1.73. The van der Waals surface area contributed by atoms with Gasteiger partial charge < -0.3 is 9.30 Å². The zero-order valence-corrected chi connectivity index (χ0v) is 11.8. The molecule has 1 aromatic carbocycles. The highest BCUT2D eigenvalue weighted by atomic mass is 127. The third-order valence-electron chi connectivity index (χ3n) is 2.64. The maximum atomic E-state index is 5.77. The molecule has 18 heavy (non-hydrogen) atoms. The molecule has 0 aliphatic carbocycles. The average molecular weight is 351 g/mol. The summed E-state index contributed by atoms with van der Waals surface area (Å²) >= 11 is 2.26. The highest BCUT2D eigenvalue weighted by Crippen LogP contribution is 2.26. The summed E-state index contributed by atoms with van der Waals surface area (Å²) in [6.07, 6.45) is 3.49. The van der Waals surface area contributed by atoms with Crippen molar-refractivity contribution in [2.75, 3.05) is 0 Å². The molecule has 0 fully saturated rings. The Morgan fingerprint density at radius 2 is 1.89 bits per heavy atom. The normalized spacial score (nSPS) is 10.8. The maximum Gasteiger partial charge on any atom is 0.247 e. The molecule has 90 valence electrons. The minimum absolute atomic E-state index is 0.536. The summed E-state index contributed by atoms with van der Waals surface area (Å²) in [6.45, 7) is 0. The smallest absolute Gasteiger partial charge is 0.247 e. The van der Waals surface area contributed by atoms with E-state index >= 15 is 0 Å². The SMILES string of the molecule is Cn1cnc2c(Oc3ccc(I)cc3)nccc21. The third kappa shape index (κ3) is 2.05. The number of rotatable bonds is 2. The van der Waals surface area contributed by atoms with Crippen LogP contribution in [0.1, 0.15) is 0 Å². The molecule has 0 N–H and O–H groups in total. The van der Waals surface area contributed by atoms with Gasteiger partial charge in [0.15, 0.2) is 5.52 Å². The summed E-state index contributed by atoms with van der Waals surface area (Å²) in [5, 5.41) is 0. The Morgan fingerprint density at radius 1 is 1.11 bits per heavy atom. The molecule has 2 heterocycles. The van der Waals surface area contributed by atoms with Gasteiger partial charge in [-0.15, -0.1) is 0 Å². The van der Waals surface area contributed by atoms with E-state index in [0.717, 1.165) is 16.8 Å². The highest BCUT2D eigenvalue weighted by molar-refractivity contribution is 14.1. The lowest BCUT2D eigenvalue weighted by Crippen LogP contribution is -1.90. The number of hydrogen-bond acceptors (Lipinski definition) is 3. The molecule has 2 aromatic heterocycles. The fraction of sp³-hybridized carbons (Fsp3) is 0.0769. The van der Waals surface area contributed by atoms with Crippen molar-refractivity contribution >= 4 is 33.6 Å². The molecule has 3 aromatic rings. The molecule has 0 saturated heterocycles. The fourth-order valence-corrected chi connectivity index (χ4v) is 2.09. The number of imidazole rings is 1. The monoisotopic (exact) mass is 351 g/mol. The Morgan fingerprint density at radius 3 is 2.67 bits per heavy atom. The molecule has 0 saturated carbocycles. The minimum atomic E-state index is 0.536. The van der Waals surface area contributed by atoms with Crippen molar-refractivity contribution in [3.63, 3.8) is 0 Å². The van der Waals surface area contributed by atoms with Crippen LogP contribution < -0.4 is 4.74 Å². The van der Waals surface area contributed by atoms with Crippen LogP contribution in [-0.4, -0.2) is 14.5 Å². The Hall–Kier alpha value is -1.63. The molecule has 0 aliphatic heterocycles. The first kappa shape index (κ1) is 11.5. The molecule has 0 spiro atoms. The van der Waals surface area contributed by atoms with Crippen LogP contribution in [0, 0.1) is 3.57 Å². The molecule has 4 nitrogen and oxygen atoms in total. The lowest BCUT2D eigenvalue weighted by atomic mass is 10.3. The van der Waals surface area contributed by atoms with Crippen LogP contribution in [0.3, 0.4) is 0 Å². The second kappa shape index (κ2) is 4.56. The van der Waals surface area contributed by atoms with E-state index in [1.165, 1.54) is 3.57 Å². The number of benzene rings is 1. The molecule has 5 heteroatoms. The van der Waals surface area contributed by atoms with Gasteiger partial charge in [-0.25, -0.2) is 9.97 Å². The Kier molecular flexibility index (Phi) is 2.91. The highest BCUT2D eigenvalue weighted by Gasteiger charge is 2.08. The van der Waals surface area contributed by atoms with Crippen molar-refractivity contribution in [3.8, 4) is 11.6 Å². The number of aryl methyl sites for hydroxylation is 1. The van der Waals surface area contributed by atoms with Crippen molar-refractivity contribution in [1.82, 2.24) is 14.5 Å². The van der Waals surface area contributed by atoms with Gasteiger partial charge in [0.2, 0.25) is 5.88 Å². The summed E-state index contributed by atoms with van der Waals surface area (Å²) < 4.78 is 8.88. The van der Waals surface area contributed by atoms with Gasteiger partial charge in [-0.05, 0) is 52.9 Å². The second-order valence-corrected chi connectivity index (χ2v) is 5.14.